The second-order valence-electron chi connectivity index (χ2n) is 6.04. The Labute approximate surface area is 128 Å². The van der Waals surface area contributed by atoms with Gasteiger partial charge in [0.2, 0.25) is 5.91 Å². The van der Waals surface area contributed by atoms with E-state index in [4.69, 9.17) is 0 Å². The molecule has 7 heteroatoms. The third-order valence-corrected chi connectivity index (χ3v) is 4.16. The third-order valence-electron chi connectivity index (χ3n) is 4.16. The van der Waals surface area contributed by atoms with Gasteiger partial charge in [-0.25, -0.2) is 0 Å². The van der Waals surface area contributed by atoms with Crippen LogP contribution in [-0.2, 0) is 11.3 Å². The number of rotatable bonds is 3. The molecule has 1 aromatic heterocycles. The van der Waals surface area contributed by atoms with Gasteiger partial charge in [-0.3, -0.25) is 24.3 Å². The molecule has 2 heterocycles. The summed E-state index contributed by atoms with van der Waals surface area (Å²) in [6, 6.07) is 2.41. The first-order valence-electron chi connectivity index (χ1n) is 7.53. The van der Waals surface area contributed by atoms with Crippen LogP contribution in [0.1, 0.15) is 33.1 Å². The fourth-order valence-electron chi connectivity index (χ4n) is 2.86. The van der Waals surface area contributed by atoms with E-state index in [2.05, 4.69) is 6.92 Å². The normalized spacial score (nSPS) is 22.2. The van der Waals surface area contributed by atoms with Crippen molar-refractivity contribution >= 4 is 11.6 Å². The predicted octanol–water partition coefficient (Wildman–Crippen LogP) is 1.79. The van der Waals surface area contributed by atoms with E-state index in [0.717, 1.165) is 42.2 Å². The van der Waals surface area contributed by atoms with E-state index in [1.165, 1.54) is 0 Å². The number of nitro groups is 1. The number of hydrogen-bond acceptors (Lipinski definition) is 4. The maximum absolute atomic E-state index is 12.5. The number of carbonyl (C=O) groups is 1. The molecule has 1 amide bonds. The van der Waals surface area contributed by atoms with E-state index < -0.39 is 10.5 Å². The molecule has 0 aromatic carbocycles. The number of aromatic nitrogens is 1. The van der Waals surface area contributed by atoms with Crippen LogP contribution in [0.4, 0.5) is 5.69 Å². The highest BCUT2D eigenvalue weighted by atomic mass is 16.6. The highest BCUT2D eigenvalue weighted by Gasteiger charge is 2.25. The van der Waals surface area contributed by atoms with Crippen LogP contribution >= 0.6 is 0 Å². The average Bonchev–Trinajstić information content (AvgIpc) is 2.62. The summed E-state index contributed by atoms with van der Waals surface area (Å²) in [5.74, 6) is 0.263. The molecule has 1 aliphatic heterocycles. The molecule has 0 radical (unpaired) electrons. The summed E-state index contributed by atoms with van der Waals surface area (Å²) >= 11 is 0. The molecular formula is C15H21N3O4. The predicted molar refractivity (Wildman–Crippen MR) is 81.5 cm³/mol. The van der Waals surface area contributed by atoms with Gasteiger partial charge in [0.15, 0.2) is 0 Å². The largest absolute Gasteiger partial charge is 0.338 e. The lowest BCUT2D eigenvalue weighted by Crippen LogP contribution is -2.42. The van der Waals surface area contributed by atoms with Crippen LogP contribution in [0.5, 0.6) is 0 Å². The smallest absolute Gasteiger partial charge is 0.285 e. The highest BCUT2D eigenvalue weighted by Crippen LogP contribution is 2.21. The molecule has 0 N–H and O–H groups in total. The first-order chi connectivity index (χ1) is 10.4. The summed E-state index contributed by atoms with van der Waals surface area (Å²) < 4.78 is 1.11. The first kappa shape index (κ1) is 16.2. The van der Waals surface area contributed by atoms with Crippen LogP contribution in [0, 0.1) is 16.0 Å². The summed E-state index contributed by atoms with van der Waals surface area (Å²) in [5.41, 5.74) is -0.598. The number of hydrogen-bond donors (Lipinski definition) is 0. The molecular weight excluding hydrogens is 286 g/mol. The van der Waals surface area contributed by atoms with E-state index >= 15 is 0 Å². The Balaban J connectivity index is 2.18. The average molecular weight is 307 g/mol. The minimum absolute atomic E-state index is 0.131. The Bertz CT molecular complexity index is 625. The molecule has 22 heavy (non-hydrogen) atoms. The molecule has 1 aromatic rings. The lowest BCUT2D eigenvalue weighted by molar-refractivity contribution is -0.385. The third kappa shape index (κ3) is 3.72. The standard InChI is InChI=1S/C15H21N3O4/c1-11-4-3-5-12(2)17(8-11)15(20)10-16-9-13(18(21)22)6-7-14(16)19/h6-7,9,11-12H,3-5,8,10H2,1-2H3/t11-,12-/m1/s1. The van der Waals surface area contributed by atoms with E-state index in [9.17, 15) is 19.7 Å². The van der Waals surface area contributed by atoms with Crippen LogP contribution in [-0.4, -0.2) is 32.9 Å². The zero-order valence-corrected chi connectivity index (χ0v) is 12.9. The molecule has 0 bridgehead atoms. The fourth-order valence-corrected chi connectivity index (χ4v) is 2.86. The minimum Gasteiger partial charge on any atom is -0.338 e. The highest BCUT2D eigenvalue weighted by molar-refractivity contribution is 5.76. The van der Waals surface area contributed by atoms with E-state index in [1.54, 1.807) is 4.90 Å². The first-order valence-corrected chi connectivity index (χ1v) is 7.53. The molecule has 7 nitrogen and oxygen atoms in total. The number of pyridine rings is 1. The van der Waals surface area contributed by atoms with Gasteiger partial charge in [0, 0.05) is 24.7 Å². The van der Waals surface area contributed by atoms with Gasteiger partial charge in [-0.15, -0.1) is 0 Å². The van der Waals surface area contributed by atoms with Gasteiger partial charge in [0.1, 0.15) is 6.54 Å². The quantitative estimate of drug-likeness (QED) is 0.629. The molecule has 1 aliphatic rings. The van der Waals surface area contributed by atoms with Crippen LogP contribution in [0.25, 0.3) is 0 Å². The number of likely N-dealkylation sites (tertiary alicyclic amines) is 1. The lowest BCUT2D eigenvalue weighted by Gasteiger charge is -2.29. The van der Waals surface area contributed by atoms with Gasteiger partial charge in [0.05, 0.1) is 11.1 Å². The molecule has 2 atom stereocenters. The van der Waals surface area contributed by atoms with Crippen LogP contribution in [0.3, 0.4) is 0 Å². The summed E-state index contributed by atoms with van der Waals surface area (Å²) in [6.45, 7) is 4.63. The van der Waals surface area contributed by atoms with E-state index in [1.807, 2.05) is 6.92 Å². The van der Waals surface area contributed by atoms with Crippen LogP contribution in [0.2, 0.25) is 0 Å². The molecule has 0 unspecified atom stereocenters. The SMILES string of the molecule is C[C@@H]1CCC[C@@H](C)N(C(=O)Cn2cc([N+](=O)[O-])ccc2=O)C1. The maximum atomic E-state index is 12.5. The minimum atomic E-state index is -0.572. The Morgan fingerprint density at radius 3 is 2.77 bits per heavy atom. The van der Waals surface area contributed by atoms with E-state index in [-0.39, 0.29) is 24.2 Å². The molecule has 0 saturated carbocycles. The molecule has 1 saturated heterocycles. The zero-order chi connectivity index (χ0) is 16.3. The van der Waals surface area contributed by atoms with Crippen LogP contribution in [0.15, 0.2) is 23.1 Å². The Hall–Kier alpha value is -2.18. The number of carbonyl (C=O) groups excluding carboxylic acids is 1. The second kappa shape index (κ2) is 6.72. The Kier molecular flexibility index (Phi) is 4.95. The van der Waals surface area contributed by atoms with Crippen LogP contribution < -0.4 is 5.56 Å². The van der Waals surface area contributed by atoms with Gasteiger partial charge < -0.3 is 4.90 Å². The van der Waals surface area contributed by atoms with Crippen molar-refractivity contribution in [3.63, 3.8) is 0 Å². The molecule has 120 valence electrons. The van der Waals surface area contributed by atoms with Crippen molar-refractivity contribution in [3.05, 3.63) is 38.8 Å². The van der Waals surface area contributed by atoms with Gasteiger partial charge in [-0.2, -0.15) is 0 Å². The van der Waals surface area contributed by atoms with Crippen molar-refractivity contribution in [1.29, 1.82) is 0 Å². The van der Waals surface area contributed by atoms with Crippen molar-refractivity contribution in [3.8, 4) is 0 Å². The Morgan fingerprint density at radius 2 is 2.09 bits per heavy atom. The van der Waals surface area contributed by atoms with Crippen molar-refractivity contribution < 1.29 is 9.72 Å². The summed E-state index contributed by atoms with van der Waals surface area (Å²) in [7, 11) is 0. The van der Waals surface area contributed by atoms with Crippen molar-refractivity contribution in [2.75, 3.05) is 6.54 Å². The number of amides is 1. The molecule has 1 fully saturated rings. The van der Waals surface area contributed by atoms with Gasteiger partial charge >= 0.3 is 0 Å². The van der Waals surface area contributed by atoms with Crippen molar-refractivity contribution in [2.45, 2.75) is 45.7 Å². The van der Waals surface area contributed by atoms with Gasteiger partial charge in [0.25, 0.3) is 11.2 Å². The lowest BCUT2D eigenvalue weighted by atomic mass is 10.1. The van der Waals surface area contributed by atoms with Gasteiger partial charge in [-0.05, 0) is 25.7 Å². The Morgan fingerprint density at radius 1 is 1.36 bits per heavy atom. The molecule has 2 rings (SSSR count). The zero-order valence-electron chi connectivity index (χ0n) is 12.9. The van der Waals surface area contributed by atoms with E-state index in [0.29, 0.717) is 12.5 Å². The van der Waals surface area contributed by atoms with Crippen molar-refractivity contribution in [2.24, 2.45) is 5.92 Å². The summed E-state index contributed by atoms with van der Waals surface area (Å²) in [6.07, 6.45) is 4.25. The maximum Gasteiger partial charge on any atom is 0.285 e. The fraction of sp³-hybridized carbons (Fsp3) is 0.600. The second-order valence-corrected chi connectivity index (χ2v) is 6.04. The molecule has 0 spiro atoms. The van der Waals surface area contributed by atoms with Gasteiger partial charge in [-0.1, -0.05) is 13.3 Å². The monoisotopic (exact) mass is 307 g/mol. The summed E-state index contributed by atoms with van der Waals surface area (Å²) in [4.78, 5) is 36.3. The van der Waals surface area contributed by atoms with Crippen molar-refractivity contribution in [1.82, 2.24) is 9.47 Å². The number of nitrogens with zero attached hydrogens (tertiary/aromatic N) is 3. The summed E-state index contributed by atoms with van der Waals surface area (Å²) in [5, 5.41) is 10.8. The topological polar surface area (TPSA) is 85.4 Å². The molecule has 0 aliphatic carbocycles.